The molecular formula is C11H10N2O4. The number of carbonyl (C=O) groups excluding carboxylic acids is 1. The Labute approximate surface area is 97.2 Å². The highest BCUT2D eigenvalue weighted by Crippen LogP contribution is 2.21. The quantitative estimate of drug-likeness (QED) is 0.752. The van der Waals surface area contributed by atoms with Crippen LogP contribution in [0.25, 0.3) is 11.4 Å². The fourth-order valence-electron chi connectivity index (χ4n) is 1.23. The highest BCUT2D eigenvalue weighted by Gasteiger charge is 2.10. The summed E-state index contributed by atoms with van der Waals surface area (Å²) in [6.07, 6.45) is -0.164. The first kappa shape index (κ1) is 11.1. The molecule has 0 aliphatic rings. The van der Waals surface area contributed by atoms with Crippen LogP contribution < -0.4 is 9.47 Å². The van der Waals surface area contributed by atoms with Gasteiger partial charge in [0, 0.05) is 12.5 Å². The predicted octanol–water partition coefficient (Wildman–Crippen LogP) is 1.67. The van der Waals surface area contributed by atoms with Crippen LogP contribution in [0.15, 0.2) is 28.8 Å². The van der Waals surface area contributed by atoms with Crippen LogP contribution in [-0.2, 0) is 4.79 Å². The molecule has 1 aromatic heterocycles. The summed E-state index contributed by atoms with van der Waals surface area (Å²) in [6.45, 7) is 1.26. The van der Waals surface area contributed by atoms with E-state index in [1.807, 2.05) is 0 Å². The lowest BCUT2D eigenvalue weighted by molar-refractivity contribution is -0.133. The molecule has 0 bridgehead atoms. The van der Waals surface area contributed by atoms with E-state index < -0.39 is 5.97 Å². The molecule has 0 unspecified atom stereocenters. The van der Waals surface area contributed by atoms with Crippen molar-refractivity contribution in [3.63, 3.8) is 0 Å². The lowest BCUT2D eigenvalue weighted by Gasteiger charge is -1.98. The molecule has 1 aromatic carbocycles. The number of aromatic nitrogens is 2. The minimum absolute atomic E-state index is 0.164. The first-order valence-corrected chi connectivity index (χ1v) is 4.85. The normalized spacial score (nSPS) is 10.0. The highest BCUT2D eigenvalue weighted by molar-refractivity contribution is 5.68. The van der Waals surface area contributed by atoms with Gasteiger partial charge in [-0.25, -0.2) is 0 Å². The Bertz CT molecular complexity index is 519. The summed E-state index contributed by atoms with van der Waals surface area (Å²) >= 11 is 0. The van der Waals surface area contributed by atoms with Crippen molar-refractivity contribution in [2.75, 3.05) is 7.11 Å². The molecule has 0 radical (unpaired) electrons. The molecule has 2 aromatic rings. The van der Waals surface area contributed by atoms with Gasteiger partial charge in [0.05, 0.1) is 7.11 Å². The van der Waals surface area contributed by atoms with E-state index in [9.17, 15) is 4.79 Å². The number of esters is 1. The minimum Gasteiger partial charge on any atom is -0.497 e. The third-order valence-electron chi connectivity index (χ3n) is 1.99. The zero-order valence-electron chi connectivity index (χ0n) is 9.34. The molecule has 0 aliphatic carbocycles. The fourth-order valence-corrected chi connectivity index (χ4v) is 1.23. The maximum Gasteiger partial charge on any atom is 0.425 e. The average molecular weight is 234 g/mol. The monoisotopic (exact) mass is 234 g/mol. The van der Waals surface area contributed by atoms with E-state index in [0.29, 0.717) is 5.82 Å². The number of methoxy groups -OCH3 is 1. The maximum atomic E-state index is 10.7. The zero-order chi connectivity index (χ0) is 12.3. The third-order valence-corrected chi connectivity index (χ3v) is 1.99. The van der Waals surface area contributed by atoms with Crippen LogP contribution in [0.2, 0.25) is 0 Å². The van der Waals surface area contributed by atoms with Crippen molar-refractivity contribution in [3.05, 3.63) is 24.3 Å². The van der Waals surface area contributed by atoms with Gasteiger partial charge >= 0.3 is 12.0 Å². The molecule has 0 atom stereocenters. The van der Waals surface area contributed by atoms with E-state index >= 15 is 0 Å². The topological polar surface area (TPSA) is 74.5 Å². The number of hydrogen-bond acceptors (Lipinski definition) is 6. The summed E-state index contributed by atoms with van der Waals surface area (Å²) in [7, 11) is 1.59. The number of benzene rings is 1. The van der Waals surface area contributed by atoms with Crippen molar-refractivity contribution in [3.8, 4) is 23.2 Å². The minimum atomic E-state index is -0.505. The Hall–Kier alpha value is -2.37. The Kier molecular flexibility index (Phi) is 3.04. The summed E-state index contributed by atoms with van der Waals surface area (Å²) < 4.78 is 14.4. The number of nitrogens with zero attached hydrogens (tertiary/aromatic N) is 2. The molecule has 0 saturated heterocycles. The fraction of sp³-hybridized carbons (Fsp3) is 0.182. The molecule has 17 heavy (non-hydrogen) atoms. The van der Waals surface area contributed by atoms with Crippen LogP contribution in [0.1, 0.15) is 6.92 Å². The second-order valence-electron chi connectivity index (χ2n) is 3.21. The smallest absolute Gasteiger partial charge is 0.425 e. The first-order chi connectivity index (χ1) is 8.19. The van der Waals surface area contributed by atoms with Gasteiger partial charge in [-0.2, -0.15) is 4.98 Å². The molecule has 6 heteroatoms. The Morgan fingerprint density at radius 1 is 1.29 bits per heavy atom. The van der Waals surface area contributed by atoms with Gasteiger partial charge in [-0.1, -0.05) is 5.16 Å². The van der Waals surface area contributed by atoms with Gasteiger partial charge in [-0.05, 0) is 24.3 Å². The van der Waals surface area contributed by atoms with Crippen LogP contribution in [0.3, 0.4) is 0 Å². The molecule has 0 fully saturated rings. The van der Waals surface area contributed by atoms with E-state index in [0.717, 1.165) is 11.3 Å². The zero-order valence-corrected chi connectivity index (χ0v) is 9.34. The molecule has 0 amide bonds. The van der Waals surface area contributed by atoms with Crippen molar-refractivity contribution in [1.82, 2.24) is 10.1 Å². The molecule has 0 saturated carbocycles. The van der Waals surface area contributed by atoms with Gasteiger partial charge < -0.3 is 9.47 Å². The van der Waals surface area contributed by atoms with E-state index in [1.54, 1.807) is 31.4 Å². The largest absolute Gasteiger partial charge is 0.497 e. The van der Waals surface area contributed by atoms with E-state index in [2.05, 4.69) is 14.9 Å². The van der Waals surface area contributed by atoms with Gasteiger partial charge in [0.25, 0.3) is 0 Å². The average Bonchev–Trinajstić information content (AvgIpc) is 2.77. The molecule has 0 aliphatic heterocycles. The van der Waals surface area contributed by atoms with Crippen LogP contribution in [0, 0.1) is 0 Å². The van der Waals surface area contributed by atoms with Gasteiger partial charge in [0.1, 0.15) is 5.75 Å². The molecule has 88 valence electrons. The van der Waals surface area contributed by atoms with Crippen molar-refractivity contribution in [2.45, 2.75) is 6.92 Å². The van der Waals surface area contributed by atoms with E-state index in [1.165, 1.54) is 6.92 Å². The molecule has 6 nitrogen and oxygen atoms in total. The Morgan fingerprint density at radius 3 is 2.59 bits per heavy atom. The van der Waals surface area contributed by atoms with Crippen LogP contribution in [0.5, 0.6) is 11.8 Å². The van der Waals surface area contributed by atoms with Gasteiger partial charge in [-0.15, -0.1) is 0 Å². The molecule has 1 heterocycles. The number of hydrogen-bond donors (Lipinski definition) is 0. The van der Waals surface area contributed by atoms with Crippen molar-refractivity contribution >= 4 is 5.97 Å². The summed E-state index contributed by atoms with van der Waals surface area (Å²) in [5.41, 5.74) is 0.743. The summed E-state index contributed by atoms with van der Waals surface area (Å²) in [5, 5.41) is 3.69. The van der Waals surface area contributed by atoms with E-state index in [-0.39, 0.29) is 6.08 Å². The van der Waals surface area contributed by atoms with Crippen LogP contribution in [0.4, 0.5) is 0 Å². The summed E-state index contributed by atoms with van der Waals surface area (Å²) in [4.78, 5) is 14.6. The van der Waals surface area contributed by atoms with Gasteiger partial charge in [0.15, 0.2) is 0 Å². The Balaban J connectivity index is 2.21. The lowest BCUT2D eigenvalue weighted by atomic mass is 10.2. The standard InChI is InChI=1S/C11H10N2O4/c1-7(14)16-11-12-10(13-17-11)8-3-5-9(15-2)6-4-8/h3-6H,1-2H3. The van der Waals surface area contributed by atoms with Crippen molar-refractivity contribution < 1.29 is 18.8 Å². The lowest BCUT2D eigenvalue weighted by Crippen LogP contribution is -2.01. The molecular weight excluding hydrogens is 224 g/mol. The molecule has 0 N–H and O–H groups in total. The number of ether oxygens (including phenoxy) is 2. The SMILES string of the molecule is COc1ccc(-c2noc(OC(C)=O)n2)cc1. The maximum absolute atomic E-state index is 10.7. The predicted molar refractivity (Wildman–Crippen MR) is 57.6 cm³/mol. The number of rotatable bonds is 3. The third kappa shape index (κ3) is 2.60. The first-order valence-electron chi connectivity index (χ1n) is 4.85. The molecule has 2 rings (SSSR count). The van der Waals surface area contributed by atoms with Crippen molar-refractivity contribution in [1.29, 1.82) is 0 Å². The highest BCUT2D eigenvalue weighted by atomic mass is 16.7. The summed E-state index contributed by atoms with van der Waals surface area (Å²) in [5.74, 6) is 0.580. The second-order valence-corrected chi connectivity index (χ2v) is 3.21. The second kappa shape index (κ2) is 4.65. The van der Waals surface area contributed by atoms with Crippen LogP contribution >= 0.6 is 0 Å². The van der Waals surface area contributed by atoms with Crippen LogP contribution in [-0.4, -0.2) is 23.2 Å². The van der Waals surface area contributed by atoms with Crippen molar-refractivity contribution in [2.24, 2.45) is 0 Å². The van der Waals surface area contributed by atoms with Gasteiger partial charge in [-0.3, -0.25) is 9.32 Å². The summed E-state index contributed by atoms with van der Waals surface area (Å²) in [6, 6.07) is 7.11. The Morgan fingerprint density at radius 2 is 2.00 bits per heavy atom. The molecule has 0 spiro atoms. The number of carbonyl (C=O) groups is 1. The van der Waals surface area contributed by atoms with Gasteiger partial charge in [0.2, 0.25) is 5.82 Å². The van der Waals surface area contributed by atoms with E-state index in [4.69, 9.17) is 9.26 Å².